The summed E-state index contributed by atoms with van der Waals surface area (Å²) in [6.45, 7) is 0.645. The second-order valence-electron chi connectivity index (χ2n) is 3.68. The summed E-state index contributed by atoms with van der Waals surface area (Å²) < 4.78 is 0. The molecule has 1 saturated carbocycles. The van der Waals surface area contributed by atoms with Gasteiger partial charge in [0.15, 0.2) is 0 Å². The predicted octanol–water partition coefficient (Wildman–Crippen LogP) is 0.120. The minimum Gasteiger partial charge on any atom is -0.361 e. The highest BCUT2D eigenvalue weighted by molar-refractivity contribution is 6.34. The molecule has 4 nitrogen and oxygen atoms in total. The third-order valence-electron chi connectivity index (χ3n) is 2.65. The summed E-state index contributed by atoms with van der Waals surface area (Å²) in [5, 5.41) is 0. The molecule has 0 aliphatic heterocycles. The van der Waals surface area contributed by atoms with E-state index in [0.717, 1.165) is 12.3 Å². The van der Waals surface area contributed by atoms with Gasteiger partial charge in [-0.2, -0.15) is 0 Å². The summed E-state index contributed by atoms with van der Waals surface area (Å²) in [4.78, 5) is 22.9. The Morgan fingerprint density at radius 3 is 2.46 bits per heavy atom. The second-order valence-corrected chi connectivity index (χ2v) is 3.68. The highest BCUT2D eigenvalue weighted by Gasteiger charge is 2.20. The molecule has 1 rings (SSSR count). The van der Waals surface area contributed by atoms with Crippen molar-refractivity contribution in [2.75, 3.05) is 13.6 Å². The van der Waals surface area contributed by atoms with E-state index in [9.17, 15) is 9.59 Å². The second kappa shape index (κ2) is 4.25. The van der Waals surface area contributed by atoms with Crippen LogP contribution < -0.4 is 5.73 Å². The van der Waals surface area contributed by atoms with Crippen LogP contribution in [0, 0.1) is 5.92 Å². The van der Waals surface area contributed by atoms with Gasteiger partial charge in [0.25, 0.3) is 0 Å². The summed E-state index contributed by atoms with van der Waals surface area (Å²) in [6.07, 6.45) is 4.82. The number of nitrogens with zero attached hydrogens (tertiary/aromatic N) is 1. The molecule has 13 heavy (non-hydrogen) atoms. The van der Waals surface area contributed by atoms with E-state index in [0.29, 0.717) is 6.54 Å². The summed E-state index contributed by atoms with van der Waals surface area (Å²) in [5.74, 6) is -0.696. The maximum atomic E-state index is 11.0. The van der Waals surface area contributed by atoms with Crippen molar-refractivity contribution in [1.82, 2.24) is 4.90 Å². The Labute approximate surface area is 78.1 Å². The van der Waals surface area contributed by atoms with E-state index in [-0.39, 0.29) is 0 Å². The molecular formula is C9H16N2O2. The Bertz CT molecular complexity index is 212. The Morgan fingerprint density at radius 1 is 1.46 bits per heavy atom. The van der Waals surface area contributed by atoms with Crippen molar-refractivity contribution in [1.29, 1.82) is 0 Å². The predicted molar refractivity (Wildman–Crippen MR) is 48.8 cm³/mol. The number of hydrogen-bond donors (Lipinski definition) is 1. The van der Waals surface area contributed by atoms with Gasteiger partial charge in [-0.05, 0) is 12.3 Å². The molecule has 74 valence electrons. The van der Waals surface area contributed by atoms with Gasteiger partial charge in [0.2, 0.25) is 0 Å². The molecule has 0 spiro atoms. The van der Waals surface area contributed by atoms with E-state index in [2.05, 4.69) is 0 Å². The third kappa shape index (κ3) is 2.72. The van der Waals surface area contributed by atoms with Crippen LogP contribution >= 0.6 is 0 Å². The average molecular weight is 184 g/mol. The summed E-state index contributed by atoms with van der Waals surface area (Å²) in [6, 6.07) is 0. The van der Waals surface area contributed by atoms with Gasteiger partial charge in [-0.25, -0.2) is 0 Å². The first-order valence-corrected chi connectivity index (χ1v) is 4.66. The standard InChI is InChI=1S/C9H16N2O2/c1-11(9(13)8(10)12)6-5-7-3-2-4-7/h7H,2-6H2,1H3,(H2,10,12). The highest BCUT2D eigenvalue weighted by Crippen LogP contribution is 2.29. The van der Waals surface area contributed by atoms with E-state index >= 15 is 0 Å². The van der Waals surface area contributed by atoms with Gasteiger partial charge in [0, 0.05) is 13.6 Å². The fourth-order valence-electron chi connectivity index (χ4n) is 1.45. The molecule has 4 heteroatoms. The van der Waals surface area contributed by atoms with Crippen molar-refractivity contribution in [3.05, 3.63) is 0 Å². The van der Waals surface area contributed by atoms with E-state index in [1.165, 1.54) is 24.2 Å². The minimum atomic E-state index is -0.865. The SMILES string of the molecule is CN(CCC1CCC1)C(=O)C(N)=O. The summed E-state index contributed by atoms with van der Waals surface area (Å²) in [7, 11) is 1.62. The number of rotatable bonds is 3. The maximum Gasteiger partial charge on any atom is 0.311 e. The number of carbonyl (C=O) groups excluding carboxylic acids is 2. The summed E-state index contributed by atoms with van der Waals surface area (Å²) in [5.41, 5.74) is 4.86. The van der Waals surface area contributed by atoms with Crippen LogP contribution in [0.2, 0.25) is 0 Å². The zero-order valence-electron chi connectivity index (χ0n) is 7.95. The number of amides is 2. The Kier molecular flexibility index (Phi) is 3.28. The largest absolute Gasteiger partial charge is 0.361 e. The molecule has 2 N–H and O–H groups in total. The van der Waals surface area contributed by atoms with Gasteiger partial charge in [-0.1, -0.05) is 19.3 Å². The topological polar surface area (TPSA) is 63.4 Å². The molecule has 1 aliphatic carbocycles. The van der Waals surface area contributed by atoms with E-state index < -0.39 is 11.8 Å². The van der Waals surface area contributed by atoms with Crippen LogP contribution in [0.1, 0.15) is 25.7 Å². The Hall–Kier alpha value is -1.06. The molecule has 1 fully saturated rings. The van der Waals surface area contributed by atoms with Gasteiger partial charge in [0.05, 0.1) is 0 Å². The normalized spacial score (nSPS) is 16.4. The number of hydrogen-bond acceptors (Lipinski definition) is 2. The van der Waals surface area contributed by atoms with E-state index in [1.54, 1.807) is 7.05 Å². The molecule has 0 aromatic rings. The quantitative estimate of drug-likeness (QED) is 0.633. The van der Waals surface area contributed by atoms with Crippen LogP contribution in [-0.4, -0.2) is 30.3 Å². The maximum absolute atomic E-state index is 11.0. The van der Waals surface area contributed by atoms with Crippen molar-refractivity contribution < 1.29 is 9.59 Å². The lowest BCUT2D eigenvalue weighted by atomic mass is 9.83. The van der Waals surface area contributed by atoms with Gasteiger partial charge < -0.3 is 10.6 Å². The van der Waals surface area contributed by atoms with Gasteiger partial charge in [-0.3, -0.25) is 9.59 Å². The van der Waals surface area contributed by atoms with E-state index in [4.69, 9.17) is 5.73 Å². The fraction of sp³-hybridized carbons (Fsp3) is 0.778. The Morgan fingerprint density at radius 2 is 2.08 bits per heavy atom. The van der Waals surface area contributed by atoms with Gasteiger partial charge in [0.1, 0.15) is 0 Å². The monoisotopic (exact) mass is 184 g/mol. The molecule has 0 unspecified atom stereocenters. The number of likely N-dealkylation sites (N-methyl/N-ethyl adjacent to an activating group) is 1. The molecule has 2 amide bonds. The molecule has 1 aliphatic rings. The van der Waals surface area contributed by atoms with Crippen LogP contribution in [0.15, 0.2) is 0 Å². The minimum absolute atomic E-state index is 0.584. The molecule has 0 bridgehead atoms. The van der Waals surface area contributed by atoms with Crippen LogP contribution in [-0.2, 0) is 9.59 Å². The molecular weight excluding hydrogens is 168 g/mol. The van der Waals surface area contributed by atoms with Crippen LogP contribution in [0.3, 0.4) is 0 Å². The fourth-order valence-corrected chi connectivity index (χ4v) is 1.45. The smallest absolute Gasteiger partial charge is 0.311 e. The first-order chi connectivity index (χ1) is 6.11. The van der Waals surface area contributed by atoms with Gasteiger partial charge >= 0.3 is 11.8 Å². The third-order valence-corrected chi connectivity index (χ3v) is 2.65. The number of nitrogens with two attached hydrogens (primary N) is 1. The lowest BCUT2D eigenvalue weighted by Gasteiger charge is -2.27. The van der Waals surface area contributed by atoms with E-state index in [1.807, 2.05) is 0 Å². The lowest BCUT2D eigenvalue weighted by Crippen LogP contribution is -2.38. The molecule has 0 radical (unpaired) electrons. The zero-order chi connectivity index (χ0) is 9.84. The zero-order valence-corrected chi connectivity index (χ0v) is 7.95. The first-order valence-electron chi connectivity index (χ1n) is 4.66. The Balaban J connectivity index is 2.19. The van der Waals surface area contributed by atoms with Crippen LogP contribution in [0.5, 0.6) is 0 Å². The molecule has 0 aromatic carbocycles. The lowest BCUT2D eigenvalue weighted by molar-refractivity contribution is -0.143. The molecule has 0 heterocycles. The molecule has 0 atom stereocenters. The van der Waals surface area contributed by atoms with Crippen molar-refractivity contribution in [3.8, 4) is 0 Å². The number of carbonyl (C=O) groups is 2. The number of primary amides is 1. The van der Waals surface area contributed by atoms with Crippen molar-refractivity contribution >= 4 is 11.8 Å². The molecule has 0 aromatic heterocycles. The molecule has 0 saturated heterocycles. The van der Waals surface area contributed by atoms with Crippen molar-refractivity contribution in [2.24, 2.45) is 11.7 Å². The van der Waals surface area contributed by atoms with Crippen LogP contribution in [0.25, 0.3) is 0 Å². The summed E-state index contributed by atoms with van der Waals surface area (Å²) >= 11 is 0. The van der Waals surface area contributed by atoms with Gasteiger partial charge in [-0.15, -0.1) is 0 Å². The van der Waals surface area contributed by atoms with Crippen molar-refractivity contribution in [3.63, 3.8) is 0 Å². The highest BCUT2D eigenvalue weighted by atomic mass is 16.2. The van der Waals surface area contributed by atoms with Crippen LogP contribution in [0.4, 0.5) is 0 Å². The first kappa shape index (κ1) is 10.0. The van der Waals surface area contributed by atoms with Crippen molar-refractivity contribution in [2.45, 2.75) is 25.7 Å². The average Bonchev–Trinajstić information content (AvgIpc) is 1.99.